The highest BCUT2D eigenvalue weighted by atomic mass is 35.5. The van der Waals surface area contributed by atoms with E-state index in [-0.39, 0.29) is 6.04 Å². The molecule has 1 saturated heterocycles. The van der Waals surface area contributed by atoms with Gasteiger partial charge in [-0.15, -0.1) is 0 Å². The number of benzene rings is 1. The normalized spacial score (nSPS) is 21.8. The molecule has 0 aromatic heterocycles. The molecule has 1 aromatic carbocycles. The number of nitrogens with two attached hydrogens (primary N) is 1. The fourth-order valence-corrected chi connectivity index (χ4v) is 3.51. The summed E-state index contributed by atoms with van der Waals surface area (Å²) >= 11 is 6.33. The largest absolute Gasteiger partial charge is 0.492 e. The Hall–Kier alpha value is -0.810. The van der Waals surface area contributed by atoms with Crippen LogP contribution in [-0.2, 0) is 0 Å². The number of ether oxygens (including phenoxy) is 1. The van der Waals surface area contributed by atoms with Gasteiger partial charge in [-0.1, -0.05) is 24.6 Å². The molecule has 0 spiro atoms. The van der Waals surface area contributed by atoms with Gasteiger partial charge in [0, 0.05) is 38.3 Å². The summed E-state index contributed by atoms with van der Waals surface area (Å²) in [5.74, 6) is 0.743. The zero-order chi connectivity index (χ0) is 16.1. The van der Waals surface area contributed by atoms with Gasteiger partial charge in [-0.2, -0.15) is 0 Å². The second-order valence-corrected chi connectivity index (χ2v) is 6.25. The number of nitrogens with zero attached hydrogens (tertiary/aromatic N) is 2. The van der Waals surface area contributed by atoms with Crippen LogP contribution in [0.15, 0.2) is 18.2 Å². The Morgan fingerprint density at radius 2 is 2.14 bits per heavy atom. The predicted octanol–water partition coefficient (Wildman–Crippen LogP) is 2.76. The van der Waals surface area contributed by atoms with Crippen LogP contribution in [0, 0.1) is 0 Å². The number of piperazine rings is 1. The first kappa shape index (κ1) is 17.5. The topological polar surface area (TPSA) is 41.7 Å². The van der Waals surface area contributed by atoms with E-state index < -0.39 is 0 Å². The molecule has 0 amide bonds. The van der Waals surface area contributed by atoms with Crippen LogP contribution in [0.25, 0.3) is 0 Å². The number of halogens is 1. The summed E-state index contributed by atoms with van der Waals surface area (Å²) in [6, 6.07) is 6.82. The smallest absolute Gasteiger partial charge is 0.137 e. The summed E-state index contributed by atoms with van der Waals surface area (Å²) in [5.41, 5.74) is 7.24. The van der Waals surface area contributed by atoms with Gasteiger partial charge >= 0.3 is 0 Å². The van der Waals surface area contributed by atoms with Crippen molar-refractivity contribution in [3.05, 3.63) is 28.8 Å². The highest BCUT2D eigenvalue weighted by molar-refractivity contribution is 6.32. The molecule has 5 heteroatoms. The molecule has 1 aliphatic rings. The Labute approximate surface area is 139 Å². The molecule has 0 radical (unpaired) electrons. The van der Waals surface area contributed by atoms with Gasteiger partial charge in [-0.25, -0.2) is 0 Å². The SMILES string of the molecule is CCOc1ccc(C(CN)N2CCN(CC)C(C)C2)cc1Cl. The van der Waals surface area contributed by atoms with Crippen LogP contribution < -0.4 is 10.5 Å². The van der Waals surface area contributed by atoms with Gasteiger partial charge in [0.25, 0.3) is 0 Å². The van der Waals surface area contributed by atoms with Crippen LogP contribution in [0.1, 0.15) is 32.4 Å². The van der Waals surface area contributed by atoms with Crippen LogP contribution in [0.2, 0.25) is 5.02 Å². The standard InChI is InChI=1S/C17H28ClN3O/c1-4-20-8-9-21(12-13(20)3)16(11-19)14-6-7-17(22-5-2)15(18)10-14/h6-7,10,13,16H,4-5,8-9,11-12,19H2,1-3H3. The van der Waals surface area contributed by atoms with Crippen molar-refractivity contribution in [2.24, 2.45) is 5.73 Å². The molecule has 0 bridgehead atoms. The van der Waals surface area contributed by atoms with Crippen molar-refractivity contribution < 1.29 is 4.74 Å². The van der Waals surface area contributed by atoms with Gasteiger partial charge in [0.2, 0.25) is 0 Å². The summed E-state index contributed by atoms with van der Waals surface area (Å²) in [6.45, 7) is 12.0. The van der Waals surface area contributed by atoms with E-state index in [1.54, 1.807) is 0 Å². The summed E-state index contributed by atoms with van der Waals surface area (Å²) in [4.78, 5) is 4.98. The van der Waals surface area contributed by atoms with Gasteiger partial charge in [0.15, 0.2) is 0 Å². The summed E-state index contributed by atoms with van der Waals surface area (Å²) in [7, 11) is 0. The maximum absolute atomic E-state index is 6.33. The minimum Gasteiger partial charge on any atom is -0.492 e. The van der Waals surface area contributed by atoms with E-state index in [0.29, 0.717) is 24.2 Å². The molecule has 2 N–H and O–H groups in total. The van der Waals surface area contributed by atoms with Crippen molar-refractivity contribution in [1.82, 2.24) is 9.80 Å². The lowest BCUT2D eigenvalue weighted by Gasteiger charge is -2.43. The molecule has 1 aromatic rings. The predicted molar refractivity (Wildman–Crippen MR) is 92.7 cm³/mol. The Kier molecular flexibility index (Phi) is 6.50. The highest BCUT2D eigenvalue weighted by Crippen LogP contribution is 2.30. The third kappa shape index (κ3) is 3.93. The van der Waals surface area contributed by atoms with Crippen LogP contribution in [0.5, 0.6) is 5.75 Å². The molecule has 124 valence electrons. The average Bonchev–Trinajstić information content (AvgIpc) is 2.51. The van der Waals surface area contributed by atoms with Crippen LogP contribution >= 0.6 is 11.6 Å². The lowest BCUT2D eigenvalue weighted by atomic mass is 10.0. The summed E-state index contributed by atoms with van der Waals surface area (Å²) < 4.78 is 5.51. The Morgan fingerprint density at radius 1 is 1.36 bits per heavy atom. The van der Waals surface area contributed by atoms with Crippen LogP contribution in [0.3, 0.4) is 0 Å². The molecule has 4 nitrogen and oxygen atoms in total. The zero-order valence-corrected chi connectivity index (χ0v) is 14.6. The number of rotatable bonds is 6. The van der Waals surface area contributed by atoms with Crippen molar-refractivity contribution in [1.29, 1.82) is 0 Å². The molecule has 2 atom stereocenters. The monoisotopic (exact) mass is 325 g/mol. The molecule has 1 aliphatic heterocycles. The molecule has 0 saturated carbocycles. The second kappa shape index (κ2) is 8.16. The second-order valence-electron chi connectivity index (χ2n) is 5.85. The Morgan fingerprint density at radius 3 is 2.68 bits per heavy atom. The number of likely N-dealkylation sites (N-methyl/N-ethyl adjacent to an activating group) is 1. The van der Waals surface area contributed by atoms with Crippen molar-refractivity contribution in [3.8, 4) is 5.75 Å². The maximum Gasteiger partial charge on any atom is 0.137 e. The van der Waals surface area contributed by atoms with Gasteiger partial charge in [-0.3, -0.25) is 9.80 Å². The van der Waals surface area contributed by atoms with E-state index in [4.69, 9.17) is 22.1 Å². The van der Waals surface area contributed by atoms with E-state index in [2.05, 4.69) is 29.7 Å². The third-order valence-electron chi connectivity index (χ3n) is 4.51. The molecule has 1 fully saturated rings. The van der Waals surface area contributed by atoms with Gasteiger partial charge in [-0.05, 0) is 38.1 Å². The third-order valence-corrected chi connectivity index (χ3v) is 4.80. The zero-order valence-electron chi connectivity index (χ0n) is 13.9. The lowest BCUT2D eigenvalue weighted by molar-refractivity contribution is 0.0606. The van der Waals surface area contributed by atoms with Gasteiger partial charge in [0.1, 0.15) is 5.75 Å². The maximum atomic E-state index is 6.33. The Bertz CT molecular complexity index is 483. The minimum atomic E-state index is 0.217. The van der Waals surface area contributed by atoms with E-state index >= 15 is 0 Å². The number of hydrogen-bond acceptors (Lipinski definition) is 4. The highest BCUT2D eigenvalue weighted by Gasteiger charge is 2.28. The van der Waals surface area contributed by atoms with Gasteiger partial charge < -0.3 is 10.5 Å². The van der Waals surface area contributed by atoms with E-state index in [1.165, 1.54) is 5.56 Å². The number of hydrogen-bond donors (Lipinski definition) is 1. The minimum absolute atomic E-state index is 0.217. The molecule has 0 aliphatic carbocycles. The van der Waals surface area contributed by atoms with Crippen LogP contribution in [0.4, 0.5) is 0 Å². The first-order valence-electron chi connectivity index (χ1n) is 8.21. The molecular formula is C17H28ClN3O. The molecule has 1 heterocycles. The quantitative estimate of drug-likeness (QED) is 0.873. The molecular weight excluding hydrogens is 298 g/mol. The first-order valence-corrected chi connectivity index (χ1v) is 8.58. The van der Waals surface area contributed by atoms with Gasteiger partial charge in [0.05, 0.1) is 11.6 Å². The Balaban J connectivity index is 2.13. The average molecular weight is 326 g/mol. The van der Waals surface area contributed by atoms with E-state index in [9.17, 15) is 0 Å². The summed E-state index contributed by atoms with van der Waals surface area (Å²) in [5, 5.41) is 0.665. The van der Waals surface area contributed by atoms with Crippen molar-refractivity contribution in [2.45, 2.75) is 32.9 Å². The summed E-state index contributed by atoms with van der Waals surface area (Å²) in [6.07, 6.45) is 0. The first-order chi connectivity index (χ1) is 10.6. The van der Waals surface area contributed by atoms with E-state index in [1.807, 2.05) is 19.1 Å². The molecule has 2 unspecified atom stereocenters. The van der Waals surface area contributed by atoms with Crippen molar-refractivity contribution in [3.63, 3.8) is 0 Å². The van der Waals surface area contributed by atoms with Crippen molar-refractivity contribution >= 4 is 11.6 Å². The molecule has 22 heavy (non-hydrogen) atoms. The van der Waals surface area contributed by atoms with Crippen LogP contribution in [-0.4, -0.2) is 55.2 Å². The van der Waals surface area contributed by atoms with E-state index in [0.717, 1.165) is 31.9 Å². The fourth-order valence-electron chi connectivity index (χ4n) is 3.27. The lowest BCUT2D eigenvalue weighted by Crippen LogP contribution is -2.53. The fraction of sp³-hybridized carbons (Fsp3) is 0.647. The molecule has 2 rings (SSSR count). The van der Waals surface area contributed by atoms with Crippen molar-refractivity contribution in [2.75, 3.05) is 39.3 Å².